The molecule has 2 amide bonds. The first-order valence-corrected chi connectivity index (χ1v) is 9.80. The predicted molar refractivity (Wildman–Crippen MR) is 104 cm³/mol. The van der Waals surface area contributed by atoms with Gasteiger partial charge in [0.1, 0.15) is 5.82 Å². The van der Waals surface area contributed by atoms with Gasteiger partial charge in [0.15, 0.2) is 0 Å². The van der Waals surface area contributed by atoms with E-state index in [1.807, 2.05) is 4.90 Å². The van der Waals surface area contributed by atoms with E-state index >= 15 is 0 Å². The fraction of sp³-hybridized carbons (Fsp3) is 0.476. The number of rotatable bonds is 4. The van der Waals surface area contributed by atoms with Gasteiger partial charge < -0.3 is 14.8 Å². The van der Waals surface area contributed by atoms with Gasteiger partial charge in [-0.05, 0) is 31.0 Å². The Labute approximate surface area is 162 Å². The SMILES string of the molecule is CN(CC1CC(=O)N(C2CCCC2)C1)C(=O)c1cc(=O)[nH]c2cc(F)ccc12. The summed E-state index contributed by atoms with van der Waals surface area (Å²) in [7, 11) is 1.68. The molecule has 1 aliphatic heterocycles. The van der Waals surface area contributed by atoms with Crippen LogP contribution in [0.4, 0.5) is 4.39 Å². The molecule has 1 atom stereocenters. The highest BCUT2D eigenvalue weighted by molar-refractivity contribution is 6.05. The maximum atomic E-state index is 13.5. The number of likely N-dealkylation sites (tertiary alicyclic amines) is 1. The first-order valence-electron chi connectivity index (χ1n) is 9.80. The van der Waals surface area contributed by atoms with Gasteiger partial charge in [0.25, 0.3) is 5.91 Å². The Morgan fingerprint density at radius 2 is 2.00 bits per heavy atom. The molecule has 1 saturated carbocycles. The molecule has 2 aliphatic rings. The normalized spacial score (nSPS) is 20.3. The molecule has 1 aromatic carbocycles. The van der Waals surface area contributed by atoms with Gasteiger partial charge in [0.05, 0.1) is 11.1 Å². The van der Waals surface area contributed by atoms with Gasteiger partial charge in [-0.3, -0.25) is 14.4 Å². The lowest BCUT2D eigenvalue weighted by Gasteiger charge is -2.25. The highest BCUT2D eigenvalue weighted by atomic mass is 19.1. The molecule has 1 unspecified atom stereocenters. The average molecular weight is 385 g/mol. The number of carbonyl (C=O) groups excluding carboxylic acids is 2. The Kier molecular flexibility index (Phi) is 4.91. The molecule has 148 valence electrons. The van der Waals surface area contributed by atoms with Crippen LogP contribution in [0.1, 0.15) is 42.5 Å². The van der Waals surface area contributed by atoms with E-state index in [1.165, 1.54) is 37.1 Å². The number of pyridine rings is 1. The van der Waals surface area contributed by atoms with Crippen molar-refractivity contribution in [2.45, 2.75) is 38.1 Å². The van der Waals surface area contributed by atoms with Crippen molar-refractivity contribution in [2.75, 3.05) is 20.1 Å². The number of aromatic nitrogens is 1. The van der Waals surface area contributed by atoms with Gasteiger partial charge in [0.2, 0.25) is 11.5 Å². The summed E-state index contributed by atoms with van der Waals surface area (Å²) < 4.78 is 13.5. The molecule has 0 radical (unpaired) electrons. The van der Waals surface area contributed by atoms with Gasteiger partial charge in [-0.25, -0.2) is 4.39 Å². The van der Waals surface area contributed by atoms with Crippen molar-refractivity contribution in [3.8, 4) is 0 Å². The van der Waals surface area contributed by atoms with Crippen molar-refractivity contribution in [3.05, 3.63) is 46.0 Å². The lowest BCUT2D eigenvalue weighted by Crippen LogP contribution is -2.36. The fourth-order valence-electron chi connectivity index (χ4n) is 4.58. The second-order valence-corrected chi connectivity index (χ2v) is 7.98. The van der Waals surface area contributed by atoms with Gasteiger partial charge in [-0.15, -0.1) is 0 Å². The monoisotopic (exact) mass is 385 g/mol. The number of carbonyl (C=O) groups is 2. The molecule has 6 nitrogen and oxygen atoms in total. The number of nitrogens with zero attached hydrogens (tertiary/aromatic N) is 2. The Hall–Kier alpha value is -2.70. The lowest BCUT2D eigenvalue weighted by molar-refractivity contribution is -0.129. The minimum absolute atomic E-state index is 0.0905. The van der Waals surface area contributed by atoms with Crippen molar-refractivity contribution in [2.24, 2.45) is 5.92 Å². The lowest BCUT2D eigenvalue weighted by atomic mass is 10.1. The van der Waals surface area contributed by atoms with E-state index in [9.17, 15) is 18.8 Å². The Bertz CT molecular complexity index is 981. The highest BCUT2D eigenvalue weighted by Crippen LogP contribution is 2.30. The van der Waals surface area contributed by atoms with E-state index in [-0.39, 0.29) is 23.3 Å². The maximum absolute atomic E-state index is 13.5. The van der Waals surface area contributed by atoms with E-state index in [0.29, 0.717) is 36.5 Å². The molecule has 2 fully saturated rings. The molecule has 7 heteroatoms. The quantitative estimate of drug-likeness (QED) is 0.879. The zero-order valence-corrected chi connectivity index (χ0v) is 15.9. The van der Waals surface area contributed by atoms with Crippen LogP contribution < -0.4 is 5.56 Å². The highest BCUT2D eigenvalue weighted by Gasteiger charge is 2.36. The molecule has 2 aromatic rings. The minimum Gasteiger partial charge on any atom is -0.341 e. The largest absolute Gasteiger partial charge is 0.341 e. The summed E-state index contributed by atoms with van der Waals surface area (Å²) in [5.41, 5.74) is 0.101. The summed E-state index contributed by atoms with van der Waals surface area (Å²) in [5.74, 6) is -0.505. The number of amides is 2. The van der Waals surface area contributed by atoms with Crippen LogP contribution in [0, 0.1) is 11.7 Å². The second-order valence-electron chi connectivity index (χ2n) is 7.98. The number of H-pyrrole nitrogens is 1. The molecular weight excluding hydrogens is 361 g/mol. The van der Waals surface area contributed by atoms with Crippen LogP contribution in [0.3, 0.4) is 0 Å². The van der Waals surface area contributed by atoms with Gasteiger partial charge >= 0.3 is 0 Å². The molecule has 1 aromatic heterocycles. The van der Waals surface area contributed by atoms with Gasteiger partial charge in [-0.1, -0.05) is 12.8 Å². The van der Waals surface area contributed by atoms with Crippen molar-refractivity contribution in [1.29, 1.82) is 0 Å². The van der Waals surface area contributed by atoms with Gasteiger partial charge in [-0.2, -0.15) is 0 Å². The molecule has 1 N–H and O–H groups in total. The zero-order chi connectivity index (χ0) is 19.8. The Balaban J connectivity index is 1.50. The van der Waals surface area contributed by atoms with Crippen LogP contribution in [0.25, 0.3) is 10.9 Å². The number of aromatic amines is 1. The number of benzene rings is 1. The fourth-order valence-corrected chi connectivity index (χ4v) is 4.58. The number of nitrogens with one attached hydrogen (secondary N) is 1. The third kappa shape index (κ3) is 3.53. The van der Waals surface area contributed by atoms with Crippen molar-refractivity contribution < 1.29 is 14.0 Å². The van der Waals surface area contributed by atoms with Gasteiger partial charge in [0, 0.05) is 50.0 Å². The van der Waals surface area contributed by atoms with Crippen molar-refractivity contribution >= 4 is 22.7 Å². The third-order valence-electron chi connectivity index (χ3n) is 5.92. The van der Waals surface area contributed by atoms with Crippen LogP contribution in [-0.2, 0) is 4.79 Å². The molecule has 28 heavy (non-hydrogen) atoms. The molecule has 1 saturated heterocycles. The predicted octanol–water partition coefficient (Wildman–Crippen LogP) is 2.53. The molecule has 2 heterocycles. The first-order chi connectivity index (χ1) is 13.4. The number of hydrogen-bond donors (Lipinski definition) is 1. The summed E-state index contributed by atoms with van der Waals surface area (Å²) in [6.07, 6.45) is 4.95. The number of fused-ring (bicyclic) bond motifs is 1. The first kappa shape index (κ1) is 18.7. The second kappa shape index (κ2) is 7.37. The van der Waals surface area contributed by atoms with E-state index in [0.717, 1.165) is 12.8 Å². The molecule has 1 aliphatic carbocycles. The number of halogens is 1. The molecule has 4 rings (SSSR count). The Morgan fingerprint density at radius 1 is 1.25 bits per heavy atom. The number of hydrogen-bond acceptors (Lipinski definition) is 3. The van der Waals surface area contributed by atoms with Crippen molar-refractivity contribution in [3.63, 3.8) is 0 Å². The van der Waals surface area contributed by atoms with E-state index < -0.39 is 11.4 Å². The summed E-state index contributed by atoms with van der Waals surface area (Å²) in [6.45, 7) is 1.13. The zero-order valence-electron chi connectivity index (χ0n) is 15.9. The summed E-state index contributed by atoms with van der Waals surface area (Å²) in [6, 6.07) is 5.59. The standard InChI is InChI=1S/C21H24FN3O3/c1-24(11-13-8-20(27)25(12-13)15-4-2-3-5-15)21(28)17-10-19(26)23-18-9-14(22)6-7-16(17)18/h6-7,9-10,13,15H,2-5,8,11-12H2,1H3,(H,23,26). The molecule has 0 bridgehead atoms. The van der Waals surface area contributed by atoms with Crippen molar-refractivity contribution in [1.82, 2.24) is 14.8 Å². The van der Waals surface area contributed by atoms with E-state index in [2.05, 4.69) is 4.98 Å². The van der Waals surface area contributed by atoms with E-state index in [4.69, 9.17) is 0 Å². The Morgan fingerprint density at radius 3 is 2.75 bits per heavy atom. The summed E-state index contributed by atoms with van der Waals surface area (Å²) >= 11 is 0. The van der Waals surface area contributed by atoms with Crippen LogP contribution in [0.5, 0.6) is 0 Å². The average Bonchev–Trinajstić information content (AvgIpc) is 3.29. The third-order valence-corrected chi connectivity index (χ3v) is 5.92. The minimum atomic E-state index is -0.474. The van der Waals surface area contributed by atoms with Crippen LogP contribution >= 0.6 is 0 Å². The maximum Gasteiger partial charge on any atom is 0.254 e. The van der Waals surface area contributed by atoms with Crippen LogP contribution in [0.15, 0.2) is 29.1 Å². The summed E-state index contributed by atoms with van der Waals surface area (Å²) in [4.78, 5) is 43.4. The smallest absolute Gasteiger partial charge is 0.254 e. The van der Waals surface area contributed by atoms with E-state index in [1.54, 1.807) is 11.9 Å². The van der Waals surface area contributed by atoms with Crippen LogP contribution in [0.2, 0.25) is 0 Å². The topological polar surface area (TPSA) is 73.5 Å². The summed E-state index contributed by atoms with van der Waals surface area (Å²) in [5, 5.41) is 0.507. The van der Waals surface area contributed by atoms with Crippen LogP contribution in [-0.4, -0.2) is 52.8 Å². The molecular formula is C21H24FN3O3. The molecule has 0 spiro atoms.